The summed E-state index contributed by atoms with van der Waals surface area (Å²) in [6.07, 6.45) is 1.69. The third-order valence-electron chi connectivity index (χ3n) is 3.30. The van der Waals surface area contributed by atoms with E-state index in [1.165, 1.54) is 6.07 Å². The van der Waals surface area contributed by atoms with Gasteiger partial charge in [0.25, 0.3) is 0 Å². The lowest BCUT2D eigenvalue weighted by molar-refractivity contribution is 0.305. The first-order valence-electron chi connectivity index (χ1n) is 6.71. The molecule has 106 valence electrons. The molecule has 0 aliphatic rings. The lowest BCUT2D eigenvalue weighted by Gasteiger charge is -2.08. The maximum absolute atomic E-state index is 13.4. The minimum absolute atomic E-state index is 0.178. The van der Waals surface area contributed by atoms with E-state index in [0.29, 0.717) is 17.9 Å². The van der Waals surface area contributed by atoms with E-state index in [-0.39, 0.29) is 12.4 Å². The molecule has 0 spiro atoms. The molecule has 0 amide bonds. The van der Waals surface area contributed by atoms with Gasteiger partial charge in [-0.25, -0.2) is 4.39 Å². The SMILES string of the molecule is NCc1cc(COc2cnc3ccccc3c2)ccc1F. The summed E-state index contributed by atoms with van der Waals surface area (Å²) < 4.78 is 19.1. The fraction of sp³-hybridized carbons (Fsp3) is 0.118. The third kappa shape index (κ3) is 3.01. The van der Waals surface area contributed by atoms with Crippen LogP contribution in [0.15, 0.2) is 54.7 Å². The van der Waals surface area contributed by atoms with Crippen molar-refractivity contribution in [2.24, 2.45) is 5.73 Å². The Bertz CT molecular complexity index is 774. The van der Waals surface area contributed by atoms with Crippen molar-refractivity contribution in [3.63, 3.8) is 0 Å². The molecule has 0 atom stereocenters. The molecule has 2 N–H and O–H groups in total. The molecule has 1 aromatic heterocycles. The van der Waals surface area contributed by atoms with Crippen LogP contribution in [0.1, 0.15) is 11.1 Å². The molecule has 3 aromatic rings. The van der Waals surface area contributed by atoms with Crippen molar-refractivity contribution < 1.29 is 9.13 Å². The monoisotopic (exact) mass is 282 g/mol. The Morgan fingerprint density at radius 1 is 1.10 bits per heavy atom. The van der Waals surface area contributed by atoms with Crippen LogP contribution in [0.5, 0.6) is 5.75 Å². The van der Waals surface area contributed by atoms with Crippen LogP contribution in [0.2, 0.25) is 0 Å². The van der Waals surface area contributed by atoms with Gasteiger partial charge in [-0.15, -0.1) is 0 Å². The van der Waals surface area contributed by atoms with E-state index in [2.05, 4.69) is 4.98 Å². The minimum atomic E-state index is -0.284. The topological polar surface area (TPSA) is 48.1 Å². The van der Waals surface area contributed by atoms with Crippen LogP contribution in [0.4, 0.5) is 4.39 Å². The van der Waals surface area contributed by atoms with Gasteiger partial charge < -0.3 is 10.5 Å². The van der Waals surface area contributed by atoms with Crippen molar-refractivity contribution in [2.75, 3.05) is 0 Å². The highest BCUT2D eigenvalue weighted by molar-refractivity contribution is 5.79. The van der Waals surface area contributed by atoms with Gasteiger partial charge in [0.2, 0.25) is 0 Å². The summed E-state index contributed by atoms with van der Waals surface area (Å²) in [5, 5.41) is 1.02. The lowest BCUT2D eigenvalue weighted by atomic mass is 10.1. The number of rotatable bonds is 4. The Balaban J connectivity index is 1.76. The zero-order valence-electron chi connectivity index (χ0n) is 11.4. The van der Waals surface area contributed by atoms with Crippen LogP contribution >= 0.6 is 0 Å². The van der Waals surface area contributed by atoms with E-state index in [4.69, 9.17) is 10.5 Å². The van der Waals surface area contributed by atoms with Gasteiger partial charge >= 0.3 is 0 Å². The molecule has 2 aromatic carbocycles. The Kier molecular flexibility index (Phi) is 3.79. The van der Waals surface area contributed by atoms with Crippen LogP contribution in [-0.2, 0) is 13.2 Å². The number of pyridine rings is 1. The number of para-hydroxylation sites is 1. The van der Waals surface area contributed by atoms with Gasteiger partial charge in [0, 0.05) is 17.5 Å². The molecule has 0 fully saturated rings. The second-order valence-corrected chi connectivity index (χ2v) is 4.78. The zero-order valence-corrected chi connectivity index (χ0v) is 11.4. The Morgan fingerprint density at radius 2 is 1.95 bits per heavy atom. The quantitative estimate of drug-likeness (QED) is 0.797. The third-order valence-corrected chi connectivity index (χ3v) is 3.30. The first-order valence-corrected chi connectivity index (χ1v) is 6.71. The van der Waals surface area contributed by atoms with Crippen molar-refractivity contribution in [3.05, 3.63) is 71.7 Å². The van der Waals surface area contributed by atoms with E-state index < -0.39 is 0 Å². The van der Waals surface area contributed by atoms with Crippen molar-refractivity contribution >= 4 is 10.9 Å². The second kappa shape index (κ2) is 5.89. The molecule has 1 heterocycles. The molecule has 0 aliphatic carbocycles. The van der Waals surface area contributed by atoms with Gasteiger partial charge in [-0.1, -0.05) is 24.3 Å². The lowest BCUT2D eigenvalue weighted by Crippen LogP contribution is -2.03. The van der Waals surface area contributed by atoms with Crippen molar-refractivity contribution in [1.29, 1.82) is 0 Å². The fourth-order valence-electron chi connectivity index (χ4n) is 2.17. The minimum Gasteiger partial charge on any atom is -0.487 e. The predicted octanol–water partition coefficient (Wildman–Crippen LogP) is 3.41. The summed E-state index contributed by atoms with van der Waals surface area (Å²) in [4.78, 5) is 4.34. The van der Waals surface area contributed by atoms with Crippen LogP contribution in [-0.4, -0.2) is 4.98 Å². The Labute approximate surface area is 122 Å². The molecular weight excluding hydrogens is 267 g/mol. The largest absolute Gasteiger partial charge is 0.487 e. The summed E-state index contributed by atoms with van der Waals surface area (Å²) in [7, 11) is 0. The number of halogens is 1. The van der Waals surface area contributed by atoms with Crippen molar-refractivity contribution in [3.8, 4) is 5.75 Å². The zero-order chi connectivity index (χ0) is 14.7. The maximum atomic E-state index is 13.4. The van der Waals surface area contributed by atoms with Crippen molar-refractivity contribution in [2.45, 2.75) is 13.2 Å². The average molecular weight is 282 g/mol. The first kappa shape index (κ1) is 13.5. The van der Waals surface area contributed by atoms with Gasteiger partial charge in [0.05, 0.1) is 11.7 Å². The van der Waals surface area contributed by atoms with E-state index in [1.54, 1.807) is 18.3 Å². The summed E-state index contributed by atoms with van der Waals surface area (Å²) >= 11 is 0. The van der Waals surface area contributed by atoms with Crippen LogP contribution in [0.3, 0.4) is 0 Å². The standard InChI is InChI=1S/C17H15FN2O/c18-16-6-5-12(7-14(16)9-19)11-21-15-8-13-3-1-2-4-17(13)20-10-15/h1-8,10H,9,11,19H2. The number of benzene rings is 2. The number of hydrogen-bond donors (Lipinski definition) is 1. The molecule has 21 heavy (non-hydrogen) atoms. The molecular formula is C17H15FN2O. The summed E-state index contributed by atoms with van der Waals surface area (Å²) in [6, 6.07) is 14.6. The highest BCUT2D eigenvalue weighted by Gasteiger charge is 2.03. The molecule has 0 radical (unpaired) electrons. The molecule has 0 bridgehead atoms. The van der Waals surface area contributed by atoms with Crippen molar-refractivity contribution in [1.82, 2.24) is 4.98 Å². The fourth-order valence-corrected chi connectivity index (χ4v) is 2.17. The molecule has 3 nitrogen and oxygen atoms in total. The summed E-state index contributed by atoms with van der Waals surface area (Å²) in [5.74, 6) is 0.404. The van der Waals surface area contributed by atoms with E-state index >= 15 is 0 Å². The van der Waals surface area contributed by atoms with Crippen LogP contribution < -0.4 is 10.5 Å². The van der Waals surface area contributed by atoms with E-state index in [9.17, 15) is 4.39 Å². The Morgan fingerprint density at radius 3 is 2.81 bits per heavy atom. The molecule has 0 aliphatic heterocycles. The molecule has 0 saturated heterocycles. The van der Waals surface area contributed by atoms with Gasteiger partial charge in [-0.2, -0.15) is 0 Å². The number of hydrogen-bond acceptors (Lipinski definition) is 3. The van der Waals surface area contributed by atoms with Crippen LogP contribution in [0, 0.1) is 5.82 Å². The number of ether oxygens (including phenoxy) is 1. The second-order valence-electron chi connectivity index (χ2n) is 4.78. The first-order chi connectivity index (χ1) is 10.3. The van der Waals surface area contributed by atoms with Gasteiger partial charge in [-0.3, -0.25) is 4.98 Å². The van der Waals surface area contributed by atoms with Gasteiger partial charge in [0.15, 0.2) is 0 Å². The molecule has 0 saturated carbocycles. The number of aromatic nitrogens is 1. The van der Waals surface area contributed by atoms with Crippen LogP contribution in [0.25, 0.3) is 10.9 Å². The van der Waals surface area contributed by atoms with Gasteiger partial charge in [-0.05, 0) is 29.8 Å². The summed E-state index contributed by atoms with van der Waals surface area (Å²) in [5.41, 5.74) is 7.80. The highest BCUT2D eigenvalue weighted by Crippen LogP contribution is 2.19. The predicted molar refractivity (Wildman–Crippen MR) is 80.4 cm³/mol. The highest BCUT2D eigenvalue weighted by atomic mass is 19.1. The van der Waals surface area contributed by atoms with Gasteiger partial charge in [0.1, 0.15) is 18.2 Å². The number of nitrogens with zero attached hydrogens (tertiary/aromatic N) is 1. The van der Waals surface area contributed by atoms with E-state index in [0.717, 1.165) is 16.5 Å². The molecule has 4 heteroatoms. The molecule has 3 rings (SSSR count). The number of fused-ring (bicyclic) bond motifs is 1. The normalized spacial score (nSPS) is 10.8. The summed E-state index contributed by atoms with van der Waals surface area (Å²) in [6.45, 7) is 0.532. The van der Waals surface area contributed by atoms with E-state index in [1.807, 2.05) is 30.3 Å². The Hall–Kier alpha value is -2.46. The average Bonchev–Trinajstić information content (AvgIpc) is 2.54. The maximum Gasteiger partial charge on any atom is 0.138 e. The number of nitrogens with two attached hydrogens (primary N) is 1. The smallest absolute Gasteiger partial charge is 0.138 e. The molecule has 0 unspecified atom stereocenters.